The highest BCUT2D eigenvalue weighted by Gasteiger charge is 2.25. The Morgan fingerprint density at radius 3 is 3.05 bits per heavy atom. The van der Waals surface area contributed by atoms with Crippen molar-refractivity contribution in [2.24, 2.45) is 0 Å². The van der Waals surface area contributed by atoms with Crippen LogP contribution in [0.1, 0.15) is 17.5 Å². The van der Waals surface area contributed by atoms with Gasteiger partial charge in [-0.25, -0.2) is 9.97 Å². The molecule has 0 unspecified atom stereocenters. The zero-order valence-electron chi connectivity index (χ0n) is 11.1. The topological polar surface area (TPSA) is 87.2 Å². The lowest BCUT2D eigenvalue weighted by molar-refractivity contribution is 0.0364. The van der Waals surface area contributed by atoms with E-state index in [2.05, 4.69) is 25.1 Å². The van der Waals surface area contributed by atoms with Gasteiger partial charge in [0.1, 0.15) is 6.10 Å². The van der Waals surface area contributed by atoms with Gasteiger partial charge < -0.3 is 14.7 Å². The normalized spacial score (nSPS) is 19.2. The lowest BCUT2D eigenvalue weighted by Crippen LogP contribution is -2.39. The smallest absolute Gasteiger partial charge is 0.225 e. The molecule has 1 fully saturated rings. The number of aliphatic hydroxyl groups is 1. The molecule has 1 atom stereocenters. The molecule has 2 aromatic heterocycles. The van der Waals surface area contributed by atoms with E-state index in [0.29, 0.717) is 25.5 Å². The van der Waals surface area contributed by atoms with E-state index in [1.54, 1.807) is 18.5 Å². The molecule has 0 aromatic carbocycles. The number of hydrogen-bond donors (Lipinski definition) is 2. The molecule has 0 saturated carbocycles. The second-order valence-electron chi connectivity index (χ2n) is 4.65. The number of rotatable bonds is 4. The minimum absolute atomic E-state index is 0.101. The SMILES string of the molecule is OCCc1cc([C@@H]2CN(c3ncccn3)CCO2)n[nH]1. The molecule has 3 rings (SSSR count). The highest BCUT2D eigenvalue weighted by Crippen LogP contribution is 2.23. The summed E-state index contributed by atoms with van der Waals surface area (Å²) in [6.45, 7) is 2.17. The highest BCUT2D eigenvalue weighted by atomic mass is 16.5. The van der Waals surface area contributed by atoms with Crippen molar-refractivity contribution in [2.75, 3.05) is 31.2 Å². The second-order valence-corrected chi connectivity index (χ2v) is 4.65. The third-order valence-electron chi connectivity index (χ3n) is 3.26. The summed E-state index contributed by atoms with van der Waals surface area (Å²) in [7, 11) is 0. The first-order chi connectivity index (χ1) is 9.86. The van der Waals surface area contributed by atoms with E-state index in [4.69, 9.17) is 9.84 Å². The van der Waals surface area contributed by atoms with E-state index in [1.807, 2.05) is 6.07 Å². The van der Waals surface area contributed by atoms with Crippen molar-refractivity contribution in [3.05, 3.63) is 35.9 Å². The van der Waals surface area contributed by atoms with Crippen LogP contribution < -0.4 is 4.90 Å². The molecule has 3 heterocycles. The third-order valence-corrected chi connectivity index (χ3v) is 3.26. The van der Waals surface area contributed by atoms with Gasteiger partial charge >= 0.3 is 0 Å². The van der Waals surface area contributed by atoms with E-state index >= 15 is 0 Å². The van der Waals surface area contributed by atoms with Crippen LogP contribution >= 0.6 is 0 Å². The van der Waals surface area contributed by atoms with Crippen LogP contribution in [0.15, 0.2) is 24.5 Å². The Morgan fingerprint density at radius 2 is 2.25 bits per heavy atom. The molecule has 0 radical (unpaired) electrons. The van der Waals surface area contributed by atoms with E-state index < -0.39 is 0 Å². The van der Waals surface area contributed by atoms with Gasteiger partial charge in [-0.15, -0.1) is 0 Å². The average molecular weight is 275 g/mol. The molecule has 7 nitrogen and oxygen atoms in total. The van der Waals surface area contributed by atoms with Gasteiger partial charge in [-0.1, -0.05) is 0 Å². The van der Waals surface area contributed by atoms with Crippen molar-refractivity contribution in [1.29, 1.82) is 0 Å². The van der Waals surface area contributed by atoms with E-state index in [1.165, 1.54) is 0 Å². The molecular weight excluding hydrogens is 258 g/mol. The van der Waals surface area contributed by atoms with Crippen molar-refractivity contribution in [2.45, 2.75) is 12.5 Å². The molecule has 0 aliphatic carbocycles. The Labute approximate surface area is 116 Å². The van der Waals surface area contributed by atoms with Gasteiger partial charge in [-0.3, -0.25) is 5.10 Å². The van der Waals surface area contributed by atoms with Gasteiger partial charge in [-0.05, 0) is 12.1 Å². The number of hydrogen-bond acceptors (Lipinski definition) is 6. The number of ether oxygens (including phenoxy) is 1. The average Bonchev–Trinajstić information content (AvgIpc) is 2.97. The quantitative estimate of drug-likeness (QED) is 0.835. The lowest BCUT2D eigenvalue weighted by atomic mass is 10.2. The predicted molar refractivity (Wildman–Crippen MR) is 72.3 cm³/mol. The fourth-order valence-corrected chi connectivity index (χ4v) is 2.26. The van der Waals surface area contributed by atoms with Crippen molar-refractivity contribution >= 4 is 5.95 Å². The second kappa shape index (κ2) is 5.98. The maximum absolute atomic E-state index is 8.93. The number of nitrogens with zero attached hydrogens (tertiary/aromatic N) is 4. The van der Waals surface area contributed by atoms with Gasteiger partial charge in [0.15, 0.2) is 0 Å². The summed E-state index contributed by atoms with van der Waals surface area (Å²) in [6, 6.07) is 3.74. The molecule has 106 valence electrons. The number of aromatic nitrogens is 4. The molecule has 1 aliphatic heterocycles. The number of H-pyrrole nitrogens is 1. The Kier molecular flexibility index (Phi) is 3.89. The van der Waals surface area contributed by atoms with Gasteiger partial charge in [0.2, 0.25) is 5.95 Å². The summed E-state index contributed by atoms with van der Waals surface area (Å²) in [5.41, 5.74) is 1.77. The van der Waals surface area contributed by atoms with Gasteiger partial charge in [0, 0.05) is 37.7 Å². The molecule has 0 spiro atoms. The third kappa shape index (κ3) is 2.78. The van der Waals surface area contributed by atoms with Gasteiger partial charge in [0.05, 0.1) is 18.8 Å². The fraction of sp³-hybridized carbons (Fsp3) is 0.462. The number of aromatic amines is 1. The van der Waals surface area contributed by atoms with E-state index in [9.17, 15) is 0 Å². The van der Waals surface area contributed by atoms with Crippen LogP contribution in [0.5, 0.6) is 0 Å². The summed E-state index contributed by atoms with van der Waals surface area (Å²) < 4.78 is 5.76. The summed E-state index contributed by atoms with van der Waals surface area (Å²) in [5.74, 6) is 0.715. The van der Waals surface area contributed by atoms with Crippen molar-refractivity contribution < 1.29 is 9.84 Å². The molecule has 2 aromatic rings. The van der Waals surface area contributed by atoms with Crippen molar-refractivity contribution in [1.82, 2.24) is 20.2 Å². The zero-order chi connectivity index (χ0) is 13.8. The van der Waals surface area contributed by atoms with Crippen LogP contribution in [0.25, 0.3) is 0 Å². The predicted octanol–water partition coefficient (Wildman–Crippen LogP) is 0.312. The molecule has 0 amide bonds. The molecule has 20 heavy (non-hydrogen) atoms. The number of nitrogens with one attached hydrogen (secondary N) is 1. The van der Waals surface area contributed by atoms with Gasteiger partial charge in [-0.2, -0.15) is 5.10 Å². The summed E-state index contributed by atoms with van der Waals surface area (Å²) in [5, 5.41) is 16.1. The molecule has 2 N–H and O–H groups in total. The minimum Gasteiger partial charge on any atom is -0.396 e. The standard InChI is InChI=1S/C13H17N5O2/c19-6-2-10-8-11(17-16-10)12-9-18(5-7-20-12)13-14-3-1-4-15-13/h1,3-4,8,12,19H,2,5-7,9H2,(H,16,17)/t12-/m0/s1. The lowest BCUT2D eigenvalue weighted by Gasteiger charge is -2.31. The molecule has 1 aliphatic rings. The maximum atomic E-state index is 8.93. The molecule has 0 bridgehead atoms. The number of morpholine rings is 1. The van der Waals surface area contributed by atoms with Crippen LogP contribution in [0.4, 0.5) is 5.95 Å². The maximum Gasteiger partial charge on any atom is 0.225 e. The Morgan fingerprint density at radius 1 is 1.40 bits per heavy atom. The molecule has 7 heteroatoms. The van der Waals surface area contributed by atoms with E-state index in [-0.39, 0.29) is 12.7 Å². The van der Waals surface area contributed by atoms with Crippen LogP contribution in [0.2, 0.25) is 0 Å². The van der Waals surface area contributed by atoms with Crippen LogP contribution in [0.3, 0.4) is 0 Å². The van der Waals surface area contributed by atoms with Crippen molar-refractivity contribution in [3.63, 3.8) is 0 Å². The fourth-order valence-electron chi connectivity index (χ4n) is 2.26. The monoisotopic (exact) mass is 275 g/mol. The van der Waals surface area contributed by atoms with Crippen molar-refractivity contribution in [3.8, 4) is 0 Å². The first-order valence-corrected chi connectivity index (χ1v) is 6.65. The van der Waals surface area contributed by atoms with E-state index in [0.717, 1.165) is 17.9 Å². The Hall–Kier alpha value is -1.99. The van der Waals surface area contributed by atoms with Crippen LogP contribution in [0, 0.1) is 0 Å². The highest BCUT2D eigenvalue weighted by molar-refractivity contribution is 5.30. The summed E-state index contributed by atoms with van der Waals surface area (Å²) in [6.07, 6.45) is 3.95. The number of anilines is 1. The minimum atomic E-state index is -0.101. The number of aliphatic hydroxyl groups excluding tert-OH is 1. The van der Waals surface area contributed by atoms with Crippen LogP contribution in [-0.2, 0) is 11.2 Å². The first-order valence-electron chi connectivity index (χ1n) is 6.65. The largest absolute Gasteiger partial charge is 0.396 e. The molecular formula is C13H17N5O2. The van der Waals surface area contributed by atoms with Gasteiger partial charge in [0.25, 0.3) is 0 Å². The first kappa shape index (κ1) is 13.0. The Bertz CT molecular complexity index is 545. The Balaban J connectivity index is 1.71. The zero-order valence-corrected chi connectivity index (χ0v) is 11.1. The van der Waals surface area contributed by atoms with Crippen LogP contribution in [-0.4, -0.2) is 51.6 Å². The summed E-state index contributed by atoms with van der Waals surface area (Å²) >= 11 is 0. The summed E-state index contributed by atoms with van der Waals surface area (Å²) in [4.78, 5) is 10.6. The molecule has 1 saturated heterocycles.